The van der Waals surface area contributed by atoms with Gasteiger partial charge in [0.1, 0.15) is 6.10 Å². The molecule has 0 fully saturated rings. The lowest BCUT2D eigenvalue weighted by Crippen LogP contribution is -2.07. The molecule has 1 unspecified atom stereocenters. The van der Waals surface area contributed by atoms with Crippen LogP contribution >= 0.6 is 43.5 Å². The molecule has 1 aromatic carbocycles. The van der Waals surface area contributed by atoms with Crippen LogP contribution in [0.5, 0.6) is 0 Å². The minimum absolute atomic E-state index is 0.569. The first kappa shape index (κ1) is 13.1. The van der Waals surface area contributed by atoms with E-state index in [0.717, 1.165) is 14.5 Å². The van der Waals surface area contributed by atoms with Gasteiger partial charge in [0.15, 0.2) is 0 Å². The first-order valence-electron chi connectivity index (χ1n) is 4.81. The maximum Gasteiger partial charge on any atom is 0.122 e. The molecule has 2 aromatic rings. The quantitative estimate of drug-likeness (QED) is 0.863. The Kier molecular flexibility index (Phi) is 3.92. The monoisotopic (exact) mass is 378 g/mol. The van der Waals surface area contributed by atoms with Gasteiger partial charge in [-0.1, -0.05) is 17.7 Å². The number of rotatable bonds is 2. The highest BCUT2D eigenvalue weighted by molar-refractivity contribution is 9.10. The number of benzene rings is 1. The number of hydrogen-bond acceptors (Lipinski definition) is 2. The summed E-state index contributed by atoms with van der Waals surface area (Å²) in [5, 5.41) is 14.9. The van der Waals surface area contributed by atoms with Gasteiger partial charge in [0.05, 0.1) is 21.4 Å². The average molecular weight is 380 g/mol. The van der Waals surface area contributed by atoms with Gasteiger partial charge in [-0.3, -0.25) is 4.68 Å². The second kappa shape index (κ2) is 5.10. The molecule has 0 radical (unpaired) electrons. The predicted octanol–water partition coefficient (Wildman–Crippen LogP) is 3.68. The largest absolute Gasteiger partial charge is 0.382 e. The summed E-state index contributed by atoms with van der Waals surface area (Å²) in [6.07, 6.45) is 0.890. The molecule has 0 aliphatic carbocycles. The third-order valence-corrected chi connectivity index (χ3v) is 4.30. The van der Waals surface area contributed by atoms with Crippen molar-refractivity contribution < 1.29 is 5.11 Å². The highest BCUT2D eigenvalue weighted by Gasteiger charge is 2.18. The van der Waals surface area contributed by atoms with Crippen molar-refractivity contribution in [3.8, 4) is 0 Å². The Morgan fingerprint density at radius 1 is 1.35 bits per heavy atom. The van der Waals surface area contributed by atoms with Crippen LogP contribution in [-0.2, 0) is 7.05 Å². The summed E-state index contributed by atoms with van der Waals surface area (Å²) in [4.78, 5) is 0. The molecule has 0 bridgehead atoms. The molecule has 0 aliphatic rings. The third kappa shape index (κ3) is 2.57. The van der Waals surface area contributed by atoms with Crippen molar-refractivity contribution in [1.29, 1.82) is 0 Å². The maximum atomic E-state index is 10.3. The van der Waals surface area contributed by atoms with E-state index < -0.39 is 6.10 Å². The van der Waals surface area contributed by atoms with E-state index in [1.807, 2.05) is 12.1 Å². The summed E-state index contributed by atoms with van der Waals surface area (Å²) in [6.45, 7) is 0. The lowest BCUT2D eigenvalue weighted by molar-refractivity contribution is 0.209. The Morgan fingerprint density at radius 3 is 2.59 bits per heavy atom. The minimum Gasteiger partial charge on any atom is -0.382 e. The summed E-state index contributed by atoms with van der Waals surface area (Å²) >= 11 is 12.7. The van der Waals surface area contributed by atoms with Crippen LogP contribution in [-0.4, -0.2) is 14.9 Å². The van der Waals surface area contributed by atoms with Crippen LogP contribution in [0, 0.1) is 0 Å². The zero-order valence-corrected chi connectivity index (χ0v) is 12.8. The SMILES string of the molecule is Cn1ncc(Br)c1C(O)c1ccc(Br)c(Cl)c1. The second-order valence-corrected chi connectivity index (χ2v) is 5.69. The molecule has 1 atom stereocenters. The molecule has 0 amide bonds. The van der Waals surface area contributed by atoms with E-state index >= 15 is 0 Å². The van der Waals surface area contributed by atoms with Crippen LogP contribution < -0.4 is 0 Å². The summed E-state index contributed by atoms with van der Waals surface area (Å²) in [5.41, 5.74) is 1.42. The lowest BCUT2D eigenvalue weighted by Gasteiger charge is -2.13. The van der Waals surface area contributed by atoms with Crippen LogP contribution in [0.15, 0.2) is 33.3 Å². The molecular weight excluding hydrogens is 371 g/mol. The van der Waals surface area contributed by atoms with Crippen LogP contribution in [0.25, 0.3) is 0 Å². The van der Waals surface area contributed by atoms with Crippen LogP contribution in [0.4, 0.5) is 0 Å². The number of aromatic nitrogens is 2. The Balaban J connectivity index is 2.43. The van der Waals surface area contributed by atoms with E-state index in [4.69, 9.17) is 11.6 Å². The van der Waals surface area contributed by atoms with Gasteiger partial charge in [0, 0.05) is 11.5 Å². The summed E-state index contributed by atoms with van der Waals surface area (Å²) in [5.74, 6) is 0. The smallest absolute Gasteiger partial charge is 0.122 e. The van der Waals surface area contributed by atoms with Gasteiger partial charge in [0.2, 0.25) is 0 Å². The number of aliphatic hydroxyl groups excluding tert-OH is 1. The molecule has 0 saturated heterocycles. The maximum absolute atomic E-state index is 10.3. The molecule has 1 aromatic heterocycles. The highest BCUT2D eigenvalue weighted by Crippen LogP contribution is 2.31. The standard InChI is InChI=1S/C11H9Br2ClN2O/c1-16-10(8(13)5-15-16)11(17)6-2-3-7(12)9(14)4-6/h2-5,11,17H,1H3. The van der Waals surface area contributed by atoms with Crippen molar-refractivity contribution in [2.24, 2.45) is 7.05 Å². The summed E-state index contributed by atoms with van der Waals surface area (Å²) in [6, 6.07) is 5.36. The van der Waals surface area contributed by atoms with E-state index in [1.165, 1.54) is 0 Å². The fourth-order valence-corrected chi connectivity index (χ4v) is 2.57. The number of aryl methyl sites for hydroxylation is 1. The van der Waals surface area contributed by atoms with Gasteiger partial charge in [0.25, 0.3) is 0 Å². The minimum atomic E-state index is -0.762. The molecule has 3 nitrogen and oxygen atoms in total. The molecule has 0 aliphatic heterocycles. The normalized spacial score (nSPS) is 12.8. The van der Waals surface area contributed by atoms with E-state index in [1.54, 1.807) is 24.0 Å². The van der Waals surface area contributed by atoms with Gasteiger partial charge >= 0.3 is 0 Å². The number of halogens is 3. The number of hydrogen-bond donors (Lipinski definition) is 1. The first-order chi connectivity index (χ1) is 8.00. The van der Waals surface area contributed by atoms with E-state index in [2.05, 4.69) is 37.0 Å². The zero-order valence-electron chi connectivity index (χ0n) is 8.86. The zero-order chi connectivity index (χ0) is 12.6. The fourth-order valence-electron chi connectivity index (χ4n) is 1.57. The Morgan fingerprint density at radius 2 is 2.06 bits per heavy atom. The van der Waals surface area contributed by atoms with Gasteiger partial charge in [-0.15, -0.1) is 0 Å². The Hall–Kier alpha value is -0.360. The molecule has 0 spiro atoms. The second-order valence-electron chi connectivity index (χ2n) is 3.58. The fraction of sp³-hybridized carbons (Fsp3) is 0.182. The first-order valence-corrected chi connectivity index (χ1v) is 6.77. The number of nitrogens with zero attached hydrogens (tertiary/aromatic N) is 2. The van der Waals surface area contributed by atoms with Gasteiger partial charge in [-0.05, 0) is 49.6 Å². The van der Waals surface area contributed by atoms with Crippen molar-refractivity contribution in [1.82, 2.24) is 9.78 Å². The van der Waals surface area contributed by atoms with Gasteiger partial charge in [-0.2, -0.15) is 5.10 Å². The van der Waals surface area contributed by atoms with Crippen molar-refractivity contribution in [3.63, 3.8) is 0 Å². The topological polar surface area (TPSA) is 38.0 Å². The molecule has 1 N–H and O–H groups in total. The molecule has 6 heteroatoms. The van der Waals surface area contributed by atoms with E-state index in [-0.39, 0.29) is 0 Å². The molecule has 1 heterocycles. The molecular formula is C11H9Br2ClN2O. The Bertz CT molecular complexity index is 537. The van der Waals surface area contributed by atoms with Gasteiger partial charge < -0.3 is 5.11 Å². The Labute approximate surface area is 121 Å². The van der Waals surface area contributed by atoms with Crippen LogP contribution in [0.1, 0.15) is 17.4 Å². The predicted molar refractivity (Wildman–Crippen MR) is 74.1 cm³/mol. The van der Waals surface area contributed by atoms with Crippen molar-refractivity contribution in [3.05, 3.63) is 49.6 Å². The third-order valence-electron chi connectivity index (χ3n) is 2.46. The average Bonchev–Trinajstić information content (AvgIpc) is 2.62. The number of aliphatic hydroxyl groups is 1. The van der Waals surface area contributed by atoms with Gasteiger partial charge in [-0.25, -0.2) is 0 Å². The molecule has 90 valence electrons. The van der Waals surface area contributed by atoms with Crippen molar-refractivity contribution >= 4 is 43.5 Å². The lowest BCUT2D eigenvalue weighted by atomic mass is 10.1. The van der Waals surface area contributed by atoms with Crippen LogP contribution in [0.2, 0.25) is 5.02 Å². The van der Waals surface area contributed by atoms with E-state index in [9.17, 15) is 5.11 Å². The van der Waals surface area contributed by atoms with E-state index in [0.29, 0.717) is 10.7 Å². The molecule has 2 rings (SSSR count). The van der Waals surface area contributed by atoms with Crippen LogP contribution in [0.3, 0.4) is 0 Å². The molecule has 0 saturated carbocycles. The van der Waals surface area contributed by atoms with Crippen molar-refractivity contribution in [2.45, 2.75) is 6.10 Å². The highest BCUT2D eigenvalue weighted by atomic mass is 79.9. The molecule has 17 heavy (non-hydrogen) atoms. The summed E-state index contributed by atoms with van der Waals surface area (Å²) < 4.78 is 3.20. The summed E-state index contributed by atoms with van der Waals surface area (Å²) in [7, 11) is 1.78. The van der Waals surface area contributed by atoms with Crippen molar-refractivity contribution in [2.75, 3.05) is 0 Å².